The molecule has 3 aromatic rings. The van der Waals surface area contributed by atoms with Crippen molar-refractivity contribution in [2.75, 3.05) is 10.2 Å². The van der Waals surface area contributed by atoms with E-state index >= 15 is 0 Å². The minimum Gasteiger partial charge on any atom is -0.350 e. The Morgan fingerprint density at radius 3 is 2.30 bits per heavy atom. The summed E-state index contributed by atoms with van der Waals surface area (Å²) in [6.07, 6.45) is 0. The summed E-state index contributed by atoms with van der Waals surface area (Å²) in [4.78, 5) is 28.1. The molecule has 0 radical (unpaired) electrons. The Hall–Kier alpha value is -3.08. The highest BCUT2D eigenvalue weighted by Crippen LogP contribution is 2.37. The first kappa shape index (κ1) is 20.2. The zero-order valence-electron chi connectivity index (χ0n) is 16.4. The number of nitrogens with one attached hydrogen (secondary N) is 1. The molecule has 0 atom stereocenters. The molecular weight excluding hydrogens is 419 g/mol. The van der Waals surface area contributed by atoms with Gasteiger partial charge in [-0.1, -0.05) is 65.7 Å². The number of hydrogen-bond acceptors (Lipinski definition) is 3. The van der Waals surface area contributed by atoms with Gasteiger partial charge in [-0.2, -0.15) is 0 Å². The van der Waals surface area contributed by atoms with Gasteiger partial charge in [0.1, 0.15) is 5.70 Å². The van der Waals surface area contributed by atoms with Gasteiger partial charge in [0, 0.05) is 15.7 Å². The Labute approximate surface area is 184 Å². The van der Waals surface area contributed by atoms with Crippen molar-refractivity contribution in [2.24, 2.45) is 0 Å². The van der Waals surface area contributed by atoms with Crippen LogP contribution in [0.1, 0.15) is 16.7 Å². The number of rotatable bonds is 4. The van der Waals surface area contributed by atoms with E-state index in [0.29, 0.717) is 38.1 Å². The normalized spacial score (nSPS) is 13.9. The van der Waals surface area contributed by atoms with Crippen LogP contribution in [0.5, 0.6) is 0 Å². The van der Waals surface area contributed by atoms with Crippen molar-refractivity contribution in [1.82, 2.24) is 0 Å². The molecule has 30 heavy (non-hydrogen) atoms. The number of benzene rings is 3. The van der Waals surface area contributed by atoms with Gasteiger partial charge in [-0.25, -0.2) is 4.90 Å². The average Bonchev–Trinajstić information content (AvgIpc) is 2.97. The number of aryl methyl sites for hydroxylation is 1. The summed E-state index contributed by atoms with van der Waals surface area (Å²) in [5.74, 6) is -0.845. The van der Waals surface area contributed by atoms with Crippen LogP contribution in [0, 0.1) is 13.8 Å². The Kier molecular flexibility index (Phi) is 5.37. The fourth-order valence-corrected chi connectivity index (χ4v) is 3.78. The van der Waals surface area contributed by atoms with E-state index < -0.39 is 11.8 Å². The molecule has 1 N–H and O–H groups in total. The third kappa shape index (κ3) is 3.49. The van der Waals surface area contributed by atoms with Gasteiger partial charge >= 0.3 is 0 Å². The molecule has 0 saturated heterocycles. The third-order valence-corrected chi connectivity index (χ3v) is 5.73. The van der Waals surface area contributed by atoms with E-state index in [4.69, 9.17) is 23.2 Å². The Morgan fingerprint density at radius 2 is 1.57 bits per heavy atom. The smallest absolute Gasteiger partial charge is 0.282 e. The molecule has 1 heterocycles. The molecular formula is C24H18Cl2N2O2. The minimum atomic E-state index is -0.441. The van der Waals surface area contributed by atoms with Gasteiger partial charge < -0.3 is 5.32 Å². The second-order valence-electron chi connectivity index (χ2n) is 7.03. The van der Waals surface area contributed by atoms with E-state index in [0.717, 1.165) is 5.56 Å². The van der Waals surface area contributed by atoms with Crippen LogP contribution in [0.15, 0.2) is 72.4 Å². The lowest BCUT2D eigenvalue weighted by atomic mass is 10.0. The van der Waals surface area contributed by atoms with Crippen LogP contribution in [0.25, 0.3) is 5.57 Å². The highest BCUT2D eigenvalue weighted by atomic mass is 35.5. The topological polar surface area (TPSA) is 49.4 Å². The molecule has 1 aliphatic heterocycles. The van der Waals surface area contributed by atoms with E-state index in [-0.39, 0.29) is 5.70 Å². The molecule has 0 unspecified atom stereocenters. The van der Waals surface area contributed by atoms with E-state index in [9.17, 15) is 9.59 Å². The Bertz CT molecular complexity index is 1200. The van der Waals surface area contributed by atoms with Crippen molar-refractivity contribution in [3.05, 3.63) is 99.2 Å². The second kappa shape index (κ2) is 7.98. The molecule has 6 heteroatoms. The molecule has 4 rings (SSSR count). The van der Waals surface area contributed by atoms with E-state index in [1.54, 1.807) is 49.4 Å². The van der Waals surface area contributed by atoms with Crippen LogP contribution < -0.4 is 10.2 Å². The first-order valence-electron chi connectivity index (χ1n) is 9.35. The zero-order chi connectivity index (χ0) is 21.4. The van der Waals surface area contributed by atoms with Gasteiger partial charge in [-0.05, 0) is 54.8 Å². The molecule has 1 aliphatic rings. The number of halogens is 2. The molecule has 0 fully saturated rings. The lowest BCUT2D eigenvalue weighted by Gasteiger charge is -2.18. The lowest BCUT2D eigenvalue weighted by molar-refractivity contribution is -0.120. The van der Waals surface area contributed by atoms with Crippen LogP contribution in [0.4, 0.5) is 11.4 Å². The first-order valence-corrected chi connectivity index (χ1v) is 10.1. The Morgan fingerprint density at radius 1 is 0.833 bits per heavy atom. The van der Waals surface area contributed by atoms with Crippen molar-refractivity contribution in [2.45, 2.75) is 13.8 Å². The minimum absolute atomic E-state index is 0.205. The summed E-state index contributed by atoms with van der Waals surface area (Å²) >= 11 is 12.4. The summed E-state index contributed by atoms with van der Waals surface area (Å²) in [5, 5.41) is 4.18. The molecule has 2 amide bonds. The monoisotopic (exact) mass is 436 g/mol. The number of anilines is 2. The van der Waals surface area contributed by atoms with Crippen LogP contribution >= 0.6 is 23.2 Å². The molecule has 4 nitrogen and oxygen atoms in total. The van der Waals surface area contributed by atoms with Crippen molar-refractivity contribution in [3.8, 4) is 0 Å². The van der Waals surface area contributed by atoms with Crippen molar-refractivity contribution >= 4 is 52.0 Å². The highest BCUT2D eigenvalue weighted by molar-refractivity contribution is 6.46. The number of nitrogens with zero attached hydrogens (tertiary/aromatic N) is 1. The van der Waals surface area contributed by atoms with E-state index in [1.165, 1.54) is 4.90 Å². The second-order valence-corrected chi connectivity index (χ2v) is 7.87. The maximum Gasteiger partial charge on any atom is 0.282 e. The van der Waals surface area contributed by atoms with E-state index in [1.807, 2.05) is 31.2 Å². The number of hydrogen-bond donors (Lipinski definition) is 1. The summed E-state index contributed by atoms with van der Waals surface area (Å²) < 4.78 is 0. The molecule has 0 aliphatic carbocycles. The Balaban J connectivity index is 1.87. The van der Waals surface area contributed by atoms with Crippen LogP contribution in [0.2, 0.25) is 10.0 Å². The molecule has 0 saturated carbocycles. The molecule has 0 aromatic heterocycles. The standard InChI is InChI=1S/C24H18Cl2N2O2/c1-14-11-12-17(25)13-19(14)27-22-21(16-7-4-3-5-8-16)23(29)28(24(22)30)20-10-6-9-18(26)15(20)2/h3-13,27H,1-2H3. The maximum absolute atomic E-state index is 13.5. The highest BCUT2D eigenvalue weighted by Gasteiger charge is 2.41. The summed E-state index contributed by atoms with van der Waals surface area (Å²) in [7, 11) is 0. The maximum atomic E-state index is 13.5. The van der Waals surface area contributed by atoms with Crippen LogP contribution in [-0.4, -0.2) is 11.8 Å². The fraction of sp³-hybridized carbons (Fsp3) is 0.0833. The largest absolute Gasteiger partial charge is 0.350 e. The van der Waals surface area contributed by atoms with Gasteiger partial charge in [-0.3, -0.25) is 9.59 Å². The predicted octanol–water partition coefficient (Wildman–Crippen LogP) is 6.01. The van der Waals surface area contributed by atoms with Gasteiger partial charge in [0.25, 0.3) is 11.8 Å². The van der Waals surface area contributed by atoms with Crippen molar-refractivity contribution in [3.63, 3.8) is 0 Å². The van der Waals surface area contributed by atoms with Gasteiger partial charge in [0.05, 0.1) is 11.3 Å². The fourth-order valence-electron chi connectivity index (χ4n) is 3.44. The number of amides is 2. The number of carbonyl (C=O) groups is 2. The first-order chi connectivity index (χ1) is 14.4. The summed E-state index contributed by atoms with van der Waals surface area (Å²) in [6.45, 7) is 3.69. The molecule has 0 bridgehead atoms. The predicted molar refractivity (Wildman–Crippen MR) is 122 cm³/mol. The third-order valence-electron chi connectivity index (χ3n) is 5.09. The number of imide groups is 1. The average molecular weight is 437 g/mol. The SMILES string of the molecule is Cc1ccc(Cl)cc1NC1=C(c2ccccc2)C(=O)N(c2cccc(Cl)c2C)C1=O. The molecule has 0 spiro atoms. The van der Waals surface area contributed by atoms with E-state index in [2.05, 4.69) is 5.32 Å². The van der Waals surface area contributed by atoms with Crippen LogP contribution in [0.3, 0.4) is 0 Å². The lowest BCUT2D eigenvalue weighted by Crippen LogP contribution is -2.33. The molecule has 3 aromatic carbocycles. The van der Waals surface area contributed by atoms with Gasteiger partial charge in [0.15, 0.2) is 0 Å². The van der Waals surface area contributed by atoms with Crippen molar-refractivity contribution in [1.29, 1.82) is 0 Å². The summed E-state index contributed by atoms with van der Waals surface area (Å²) in [5.41, 5.74) is 3.85. The van der Waals surface area contributed by atoms with Gasteiger partial charge in [0.2, 0.25) is 0 Å². The van der Waals surface area contributed by atoms with Crippen molar-refractivity contribution < 1.29 is 9.59 Å². The number of carbonyl (C=O) groups excluding carboxylic acids is 2. The zero-order valence-corrected chi connectivity index (χ0v) is 17.9. The summed E-state index contributed by atoms with van der Waals surface area (Å²) in [6, 6.07) is 19.7. The quantitative estimate of drug-likeness (QED) is 0.509. The van der Waals surface area contributed by atoms with Crippen LogP contribution in [-0.2, 0) is 9.59 Å². The molecule has 150 valence electrons. The van der Waals surface area contributed by atoms with Gasteiger partial charge in [-0.15, -0.1) is 0 Å².